The molecule has 1 aromatic heterocycles. The highest BCUT2D eigenvalue weighted by Crippen LogP contribution is 2.24. The maximum Gasteiger partial charge on any atom is 0.241 e. The summed E-state index contributed by atoms with van der Waals surface area (Å²) in [4.78, 5) is 19.4. The molecular weight excluding hydrogens is 423 g/mol. The summed E-state index contributed by atoms with van der Waals surface area (Å²) in [6.45, 7) is 3.98. The molecule has 8 heteroatoms. The van der Waals surface area contributed by atoms with Crippen LogP contribution in [0.3, 0.4) is 0 Å². The smallest absolute Gasteiger partial charge is 0.241 e. The molecule has 1 fully saturated rings. The first-order valence-corrected chi connectivity index (χ1v) is 10.6. The molecule has 30 heavy (non-hydrogen) atoms. The standard InChI is InChI=1S/C22H22Cl2N4O2/c1-14-10-18(24)7-8-19(14)25-22(29)16-5-3-9-28(12-16)13-20-26-21(27-30-20)15-4-2-6-17(23)11-15/h2,4,6-8,10-11,16H,3,5,9,12-13H2,1H3,(H,25,29). The Morgan fingerprint density at radius 2 is 2.07 bits per heavy atom. The number of amides is 1. The molecule has 0 aliphatic carbocycles. The summed E-state index contributed by atoms with van der Waals surface area (Å²) in [6.07, 6.45) is 1.79. The van der Waals surface area contributed by atoms with E-state index in [1.54, 1.807) is 18.2 Å². The SMILES string of the molecule is Cc1cc(Cl)ccc1NC(=O)C1CCCN(Cc2nc(-c3cccc(Cl)c3)no2)C1. The van der Waals surface area contributed by atoms with E-state index < -0.39 is 0 Å². The van der Waals surface area contributed by atoms with Crippen molar-refractivity contribution in [3.8, 4) is 11.4 Å². The number of hydrogen-bond donors (Lipinski definition) is 1. The molecule has 1 aliphatic heterocycles. The van der Waals surface area contributed by atoms with Crippen LogP contribution in [0.5, 0.6) is 0 Å². The lowest BCUT2D eigenvalue weighted by atomic mass is 9.97. The number of halogens is 2. The summed E-state index contributed by atoms with van der Waals surface area (Å²) < 4.78 is 5.42. The van der Waals surface area contributed by atoms with E-state index in [2.05, 4.69) is 20.4 Å². The van der Waals surface area contributed by atoms with E-state index in [-0.39, 0.29) is 11.8 Å². The Hall–Kier alpha value is -2.41. The number of carbonyl (C=O) groups excluding carboxylic acids is 1. The van der Waals surface area contributed by atoms with Gasteiger partial charge in [0.1, 0.15) is 0 Å². The van der Waals surface area contributed by atoms with E-state index in [0.717, 1.165) is 36.2 Å². The molecule has 0 bridgehead atoms. The van der Waals surface area contributed by atoms with Gasteiger partial charge >= 0.3 is 0 Å². The number of hydrogen-bond acceptors (Lipinski definition) is 5. The Morgan fingerprint density at radius 1 is 1.23 bits per heavy atom. The van der Waals surface area contributed by atoms with Crippen LogP contribution in [0.4, 0.5) is 5.69 Å². The summed E-state index contributed by atoms with van der Waals surface area (Å²) in [7, 11) is 0. The number of aryl methyl sites for hydroxylation is 1. The highest BCUT2D eigenvalue weighted by atomic mass is 35.5. The number of carbonyl (C=O) groups is 1. The highest BCUT2D eigenvalue weighted by molar-refractivity contribution is 6.31. The number of nitrogens with one attached hydrogen (secondary N) is 1. The van der Waals surface area contributed by atoms with Gasteiger partial charge in [-0.15, -0.1) is 0 Å². The lowest BCUT2D eigenvalue weighted by Crippen LogP contribution is -2.40. The maximum absolute atomic E-state index is 12.8. The molecule has 1 saturated heterocycles. The van der Waals surface area contributed by atoms with Gasteiger partial charge in [-0.05, 0) is 62.2 Å². The largest absolute Gasteiger partial charge is 0.338 e. The van der Waals surface area contributed by atoms with E-state index in [9.17, 15) is 4.79 Å². The zero-order valence-corrected chi connectivity index (χ0v) is 18.1. The monoisotopic (exact) mass is 444 g/mol. The minimum absolute atomic E-state index is 0.0234. The fourth-order valence-corrected chi connectivity index (χ4v) is 4.09. The van der Waals surface area contributed by atoms with Crippen LogP contribution >= 0.6 is 23.2 Å². The second kappa shape index (κ2) is 9.16. The molecule has 1 N–H and O–H groups in total. The molecule has 1 aliphatic rings. The summed E-state index contributed by atoms with van der Waals surface area (Å²) in [6, 6.07) is 12.8. The molecule has 1 atom stereocenters. The molecule has 4 rings (SSSR count). The van der Waals surface area contributed by atoms with E-state index in [1.165, 1.54) is 0 Å². The lowest BCUT2D eigenvalue weighted by molar-refractivity contribution is -0.121. The van der Waals surface area contributed by atoms with Crippen molar-refractivity contribution in [2.24, 2.45) is 5.92 Å². The molecule has 3 aromatic rings. The number of aromatic nitrogens is 2. The van der Waals surface area contributed by atoms with Crippen LogP contribution in [0.2, 0.25) is 10.0 Å². The van der Waals surface area contributed by atoms with Crippen LogP contribution in [-0.4, -0.2) is 34.0 Å². The van der Waals surface area contributed by atoms with Crippen LogP contribution in [0.1, 0.15) is 24.3 Å². The van der Waals surface area contributed by atoms with Gasteiger partial charge in [0.2, 0.25) is 17.6 Å². The summed E-state index contributed by atoms with van der Waals surface area (Å²) in [5.41, 5.74) is 2.55. The topological polar surface area (TPSA) is 71.3 Å². The Kier molecular flexibility index (Phi) is 6.37. The van der Waals surface area contributed by atoms with Crippen LogP contribution in [-0.2, 0) is 11.3 Å². The average Bonchev–Trinajstić information content (AvgIpc) is 3.19. The minimum atomic E-state index is -0.0934. The first-order valence-electron chi connectivity index (χ1n) is 9.86. The third-order valence-electron chi connectivity index (χ3n) is 5.23. The van der Waals surface area contributed by atoms with Gasteiger partial charge in [-0.2, -0.15) is 4.98 Å². The second-order valence-electron chi connectivity index (χ2n) is 7.54. The molecular formula is C22H22Cl2N4O2. The summed E-state index contributed by atoms with van der Waals surface area (Å²) in [5.74, 6) is 0.969. The highest BCUT2D eigenvalue weighted by Gasteiger charge is 2.27. The van der Waals surface area contributed by atoms with Crippen molar-refractivity contribution in [1.82, 2.24) is 15.0 Å². The van der Waals surface area contributed by atoms with Crippen molar-refractivity contribution in [1.29, 1.82) is 0 Å². The van der Waals surface area contributed by atoms with Gasteiger partial charge in [0.25, 0.3) is 0 Å². The van der Waals surface area contributed by atoms with Gasteiger partial charge in [0.15, 0.2) is 0 Å². The third-order valence-corrected chi connectivity index (χ3v) is 5.70. The van der Waals surface area contributed by atoms with E-state index in [1.807, 2.05) is 31.2 Å². The molecule has 2 aromatic carbocycles. The molecule has 6 nitrogen and oxygen atoms in total. The molecule has 2 heterocycles. The predicted octanol–water partition coefficient (Wildman–Crippen LogP) is 5.20. The number of piperidine rings is 1. The van der Waals surface area contributed by atoms with E-state index in [4.69, 9.17) is 27.7 Å². The van der Waals surface area contributed by atoms with Gasteiger partial charge in [-0.1, -0.05) is 40.5 Å². The maximum atomic E-state index is 12.8. The van der Waals surface area contributed by atoms with Gasteiger partial charge in [-0.3, -0.25) is 9.69 Å². The van der Waals surface area contributed by atoms with Crippen LogP contribution < -0.4 is 5.32 Å². The first kappa shape index (κ1) is 20.8. The molecule has 0 spiro atoms. The first-order chi connectivity index (χ1) is 14.5. The van der Waals surface area contributed by atoms with Crippen molar-refractivity contribution in [2.45, 2.75) is 26.3 Å². The van der Waals surface area contributed by atoms with Crippen molar-refractivity contribution in [2.75, 3.05) is 18.4 Å². The Bertz CT molecular complexity index is 1050. The van der Waals surface area contributed by atoms with Gasteiger partial charge in [0, 0.05) is 27.8 Å². The van der Waals surface area contributed by atoms with Gasteiger partial charge in [0.05, 0.1) is 12.5 Å². The Labute approximate surface area is 185 Å². The minimum Gasteiger partial charge on any atom is -0.338 e. The van der Waals surface area contributed by atoms with Crippen molar-refractivity contribution in [3.05, 3.63) is 64.0 Å². The number of anilines is 1. The van der Waals surface area contributed by atoms with Crippen LogP contribution in [0.25, 0.3) is 11.4 Å². The normalized spacial score (nSPS) is 17.1. The molecule has 0 saturated carbocycles. The van der Waals surface area contributed by atoms with Crippen LogP contribution in [0.15, 0.2) is 47.0 Å². The molecule has 1 amide bonds. The number of nitrogens with zero attached hydrogens (tertiary/aromatic N) is 3. The van der Waals surface area contributed by atoms with Crippen LogP contribution in [0, 0.1) is 12.8 Å². The number of likely N-dealkylation sites (tertiary alicyclic amines) is 1. The number of benzene rings is 2. The molecule has 156 valence electrons. The fraction of sp³-hybridized carbons (Fsp3) is 0.318. The fourth-order valence-electron chi connectivity index (χ4n) is 3.67. The van der Waals surface area contributed by atoms with Gasteiger partial charge in [-0.25, -0.2) is 0 Å². The van der Waals surface area contributed by atoms with Gasteiger partial charge < -0.3 is 9.84 Å². The van der Waals surface area contributed by atoms with E-state index in [0.29, 0.717) is 34.8 Å². The van der Waals surface area contributed by atoms with Crippen molar-refractivity contribution in [3.63, 3.8) is 0 Å². The quantitative estimate of drug-likeness (QED) is 0.585. The zero-order valence-electron chi connectivity index (χ0n) is 16.6. The third kappa shape index (κ3) is 5.01. The summed E-state index contributed by atoms with van der Waals surface area (Å²) in [5, 5.41) is 8.38. The number of rotatable bonds is 5. The zero-order chi connectivity index (χ0) is 21.1. The Morgan fingerprint density at radius 3 is 2.87 bits per heavy atom. The predicted molar refractivity (Wildman–Crippen MR) is 118 cm³/mol. The Balaban J connectivity index is 1.38. The molecule has 0 radical (unpaired) electrons. The molecule has 1 unspecified atom stereocenters. The average molecular weight is 445 g/mol. The summed E-state index contributed by atoms with van der Waals surface area (Å²) >= 11 is 12.0. The van der Waals surface area contributed by atoms with E-state index >= 15 is 0 Å². The lowest BCUT2D eigenvalue weighted by Gasteiger charge is -2.31. The van der Waals surface area contributed by atoms with Crippen molar-refractivity contribution >= 4 is 34.8 Å². The van der Waals surface area contributed by atoms with Crippen molar-refractivity contribution < 1.29 is 9.32 Å². The second-order valence-corrected chi connectivity index (χ2v) is 8.42.